The molecule has 2 aromatic carbocycles. The molecule has 0 unspecified atom stereocenters. The number of rotatable bonds is 7. The van der Waals surface area contributed by atoms with E-state index in [0.29, 0.717) is 0 Å². The summed E-state index contributed by atoms with van der Waals surface area (Å²) in [7, 11) is 4.43. The standard InChI is InChI=1S/C22H32N2/c1-17-11-9-12-18(2)21(17)23(5)15-7-8-16-24(6)22-19(3)13-10-14-20(22)4/h9-14H,7-8,15-16H2,1-6H3. The Kier molecular flexibility index (Phi) is 6.30. The zero-order valence-corrected chi connectivity index (χ0v) is 16.2. The maximum Gasteiger partial charge on any atom is 0.0423 e. The minimum atomic E-state index is 1.10. The quantitative estimate of drug-likeness (QED) is 0.640. The Hall–Kier alpha value is -1.96. The highest BCUT2D eigenvalue weighted by molar-refractivity contribution is 5.59. The Bertz CT molecular complexity index is 576. The molecule has 0 N–H and O–H groups in total. The first-order valence-electron chi connectivity index (χ1n) is 8.96. The van der Waals surface area contributed by atoms with E-state index in [1.165, 1.54) is 46.5 Å². The predicted octanol–water partition coefficient (Wildman–Crippen LogP) is 5.27. The summed E-state index contributed by atoms with van der Waals surface area (Å²) in [5.74, 6) is 0. The van der Waals surface area contributed by atoms with Crippen LogP contribution in [0.3, 0.4) is 0 Å². The Morgan fingerprint density at radius 3 is 1.17 bits per heavy atom. The van der Waals surface area contributed by atoms with E-state index in [-0.39, 0.29) is 0 Å². The molecular weight excluding hydrogens is 292 g/mol. The van der Waals surface area contributed by atoms with Crippen molar-refractivity contribution < 1.29 is 0 Å². The van der Waals surface area contributed by atoms with Crippen molar-refractivity contribution >= 4 is 11.4 Å². The summed E-state index contributed by atoms with van der Waals surface area (Å²) >= 11 is 0. The van der Waals surface area contributed by atoms with E-state index < -0.39 is 0 Å². The van der Waals surface area contributed by atoms with Gasteiger partial charge in [0.05, 0.1) is 0 Å². The van der Waals surface area contributed by atoms with Crippen molar-refractivity contribution in [1.82, 2.24) is 0 Å². The summed E-state index contributed by atoms with van der Waals surface area (Å²) in [5.41, 5.74) is 8.24. The third-order valence-electron chi connectivity index (χ3n) is 4.88. The summed E-state index contributed by atoms with van der Waals surface area (Å²) < 4.78 is 0. The molecule has 2 heteroatoms. The van der Waals surface area contributed by atoms with Gasteiger partial charge in [-0.2, -0.15) is 0 Å². The van der Waals surface area contributed by atoms with Crippen molar-refractivity contribution in [2.24, 2.45) is 0 Å². The van der Waals surface area contributed by atoms with Crippen molar-refractivity contribution in [2.75, 3.05) is 37.0 Å². The van der Waals surface area contributed by atoms with Crippen LogP contribution in [0.25, 0.3) is 0 Å². The summed E-state index contributed by atoms with van der Waals surface area (Å²) in [6.45, 7) is 11.0. The van der Waals surface area contributed by atoms with Gasteiger partial charge in [-0.1, -0.05) is 36.4 Å². The molecule has 2 aromatic rings. The average molecular weight is 325 g/mol. The second-order valence-corrected chi connectivity index (χ2v) is 7.03. The van der Waals surface area contributed by atoms with Crippen LogP contribution in [0.15, 0.2) is 36.4 Å². The number of nitrogens with zero attached hydrogens (tertiary/aromatic N) is 2. The summed E-state index contributed by atoms with van der Waals surface area (Å²) in [6.07, 6.45) is 2.42. The zero-order chi connectivity index (χ0) is 17.7. The molecule has 130 valence electrons. The van der Waals surface area contributed by atoms with Gasteiger partial charge in [-0.3, -0.25) is 0 Å². The van der Waals surface area contributed by atoms with Crippen molar-refractivity contribution in [1.29, 1.82) is 0 Å². The lowest BCUT2D eigenvalue weighted by atomic mass is 10.1. The normalized spacial score (nSPS) is 10.8. The first-order valence-corrected chi connectivity index (χ1v) is 8.96. The van der Waals surface area contributed by atoms with E-state index in [4.69, 9.17) is 0 Å². The fourth-order valence-electron chi connectivity index (χ4n) is 3.74. The summed E-state index contributed by atoms with van der Waals surface area (Å²) in [5, 5.41) is 0. The molecule has 0 saturated carbocycles. The largest absolute Gasteiger partial charge is 0.374 e. The minimum Gasteiger partial charge on any atom is -0.374 e. The molecule has 2 rings (SSSR count). The zero-order valence-electron chi connectivity index (χ0n) is 16.2. The number of hydrogen-bond donors (Lipinski definition) is 0. The van der Waals surface area contributed by atoms with Gasteiger partial charge in [0.2, 0.25) is 0 Å². The third-order valence-corrected chi connectivity index (χ3v) is 4.88. The van der Waals surface area contributed by atoms with Crippen LogP contribution in [0.4, 0.5) is 11.4 Å². The lowest BCUT2D eigenvalue weighted by molar-refractivity contribution is 0.705. The molecule has 24 heavy (non-hydrogen) atoms. The fraction of sp³-hybridized carbons (Fsp3) is 0.455. The van der Waals surface area contributed by atoms with Crippen LogP contribution in [0, 0.1) is 27.7 Å². The van der Waals surface area contributed by atoms with E-state index in [2.05, 4.69) is 88.0 Å². The van der Waals surface area contributed by atoms with Crippen molar-refractivity contribution in [3.05, 3.63) is 58.7 Å². The van der Waals surface area contributed by atoms with E-state index in [0.717, 1.165) is 13.1 Å². The van der Waals surface area contributed by atoms with Gasteiger partial charge in [0.15, 0.2) is 0 Å². The molecule has 0 spiro atoms. The minimum absolute atomic E-state index is 1.10. The third kappa shape index (κ3) is 4.31. The molecule has 0 aliphatic carbocycles. The lowest BCUT2D eigenvalue weighted by Gasteiger charge is -2.26. The second-order valence-electron chi connectivity index (χ2n) is 7.03. The number of benzene rings is 2. The monoisotopic (exact) mass is 324 g/mol. The van der Waals surface area contributed by atoms with Gasteiger partial charge in [0.25, 0.3) is 0 Å². The second kappa shape index (κ2) is 8.23. The SMILES string of the molecule is Cc1cccc(C)c1N(C)CCCCN(C)c1c(C)cccc1C. The van der Waals surface area contributed by atoms with Crippen LogP contribution in [0.5, 0.6) is 0 Å². The lowest BCUT2D eigenvalue weighted by Crippen LogP contribution is -2.24. The Morgan fingerprint density at radius 2 is 0.875 bits per heavy atom. The molecule has 0 fully saturated rings. The maximum atomic E-state index is 2.41. The first kappa shape index (κ1) is 18.4. The predicted molar refractivity (Wildman–Crippen MR) is 108 cm³/mol. The molecule has 0 aliphatic rings. The topological polar surface area (TPSA) is 6.48 Å². The molecule has 0 amide bonds. The fourth-order valence-corrected chi connectivity index (χ4v) is 3.74. The molecule has 0 heterocycles. The molecule has 0 aliphatic heterocycles. The average Bonchev–Trinajstić information content (AvgIpc) is 2.51. The molecule has 2 nitrogen and oxygen atoms in total. The summed E-state index contributed by atoms with van der Waals surface area (Å²) in [4.78, 5) is 4.81. The highest BCUT2D eigenvalue weighted by atomic mass is 15.1. The number of anilines is 2. The number of hydrogen-bond acceptors (Lipinski definition) is 2. The van der Waals surface area contributed by atoms with Crippen LogP contribution < -0.4 is 9.80 Å². The van der Waals surface area contributed by atoms with Crippen LogP contribution >= 0.6 is 0 Å². The van der Waals surface area contributed by atoms with Crippen molar-refractivity contribution in [3.8, 4) is 0 Å². The molecule has 0 atom stereocenters. The molecule has 0 aromatic heterocycles. The Morgan fingerprint density at radius 1 is 0.583 bits per heavy atom. The molecule has 0 bridgehead atoms. The number of unbranched alkanes of at least 4 members (excludes halogenated alkanes) is 1. The van der Waals surface area contributed by atoms with E-state index >= 15 is 0 Å². The number of para-hydroxylation sites is 2. The number of aryl methyl sites for hydroxylation is 4. The van der Waals surface area contributed by atoms with E-state index in [1.807, 2.05) is 0 Å². The van der Waals surface area contributed by atoms with Crippen LogP contribution in [0.2, 0.25) is 0 Å². The van der Waals surface area contributed by atoms with Crippen LogP contribution in [-0.4, -0.2) is 27.2 Å². The molecule has 0 saturated heterocycles. The van der Waals surface area contributed by atoms with E-state index in [9.17, 15) is 0 Å². The van der Waals surface area contributed by atoms with Gasteiger partial charge < -0.3 is 9.80 Å². The van der Waals surface area contributed by atoms with Crippen molar-refractivity contribution in [3.63, 3.8) is 0 Å². The van der Waals surface area contributed by atoms with Gasteiger partial charge in [-0.05, 0) is 62.8 Å². The highest BCUT2D eigenvalue weighted by Gasteiger charge is 2.09. The summed E-state index contributed by atoms with van der Waals surface area (Å²) in [6, 6.07) is 13.1. The van der Waals surface area contributed by atoms with Crippen molar-refractivity contribution in [2.45, 2.75) is 40.5 Å². The maximum absolute atomic E-state index is 2.41. The van der Waals surface area contributed by atoms with Gasteiger partial charge in [0.1, 0.15) is 0 Å². The van der Waals surface area contributed by atoms with Crippen LogP contribution in [0.1, 0.15) is 35.1 Å². The van der Waals surface area contributed by atoms with Gasteiger partial charge in [-0.25, -0.2) is 0 Å². The van der Waals surface area contributed by atoms with Gasteiger partial charge in [-0.15, -0.1) is 0 Å². The van der Waals surface area contributed by atoms with Gasteiger partial charge in [0, 0.05) is 38.6 Å². The van der Waals surface area contributed by atoms with E-state index in [1.54, 1.807) is 0 Å². The highest BCUT2D eigenvalue weighted by Crippen LogP contribution is 2.25. The van der Waals surface area contributed by atoms with Crippen LogP contribution in [-0.2, 0) is 0 Å². The smallest absolute Gasteiger partial charge is 0.0423 e. The molecular formula is C22H32N2. The van der Waals surface area contributed by atoms with Gasteiger partial charge >= 0.3 is 0 Å². The molecule has 0 radical (unpaired) electrons. The Balaban J connectivity index is 1.87. The Labute approximate surface area is 148 Å². The first-order chi connectivity index (χ1) is 11.4.